The van der Waals surface area contributed by atoms with Crippen LogP contribution in [0.3, 0.4) is 0 Å². The van der Waals surface area contributed by atoms with Gasteiger partial charge in [-0.2, -0.15) is 0 Å². The van der Waals surface area contributed by atoms with Crippen LogP contribution in [0.4, 0.5) is 0 Å². The Morgan fingerprint density at radius 1 is 1.23 bits per heavy atom. The van der Waals surface area contributed by atoms with Crippen LogP contribution in [0.2, 0.25) is 0 Å². The van der Waals surface area contributed by atoms with Gasteiger partial charge >= 0.3 is 0 Å². The van der Waals surface area contributed by atoms with Crippen LogP contribution in [0.15, 0.2) is 29.2 Å². The summed E-state index contributed by atoms with van der Waals surface area (Å²) in [5.74, 6) is 3.27. The van der Waals surface area contributed by atoms with E-state index < -0.39 is 11.0 Å². The molecule has 166 valence electrons. The molecule has 5 fully saturated rings. The number of rotatable bonds is 5. The summed E-state index contributed by atoms with van der Waals surface area (Å²) in [6.07, 6.45) is 9.63. The number of nitrogens with zero attached hydrogens (tertiary/aromatic N) is 1. The van der Waals surface area contributed by atoms with Crippen molar-refractivity contribution >= 4 is 16.9 Å². The zero-order valence-electron chi connectivity index (χ0n) is 17.9. The number of benzene rings is 1. The van der Waals surface area contributed by atoms with Gasteiger partial charge in [0.25, 0.3) is 0 Å². The number of nitrogens with one attached hydrogen (secondary N) is 1. The van der Waals surface area contributed by atoms with Gasteiger partial charge in [0.15, 0.2) is 0 Å². The van der Waals surface area contributed by atoms with E-state index in [1.165, 1.54) is 38.5 Å². The minimum Gasteiger partial charge on any atom is -0.412 e. The van der Waals surface area contributed by atoms with Gasteiger partial charge in [-0.1, -0.05) is 12.1 Å². The molecule has 5 nitrogen and oxygen atoms in total. The maximum absolute atomic E-state index is 13.0. The Morgan fingerprint density at radius 2 is 2.07 bits per heavy atom. The third-order valence-electron chi connectivity index (χ3n) is 9.08. The molecule has 1 aromatic rings. The summed E-state index contributed by atoms with van der Waals surface area (Å²) in [6.45, 7) is 3.62. The van der Waals surface area contributed by atoms with Crippen molar-refractivity contribution in [3.05, 3.63) is 29.8 Å². The number of carbonyl (C=O) groups is 1. The topological polar surface area (TPSA) is 80.9 Å². The molecule has 0 radical (unpaired) electrons. The minimum absolute atomic E-state index is 0. The molecule has 6 heteroatoms. The van der Waals surface area contributed by atoms with Crippen LogP contribution in [0.25, 0.3) is 0 Å². The second-order valence-electron chi connectivity index (χ2n) is 10.8. The quantitative estimate of drug-likeness (QED) is 0.775. The lowest BCUT2D eigenvalue weighted by atomic mass is 9.51. The summed E-state index contributed by atoms with van der Waals surface area (Å²) in [7, 11) is -1.11. The first-order valence-corrected chi connectivity index (χ1v) is 12.6. The van der Waals surface area contributed by atoms with Crippen molar-refractivity contribution in [1.29, 1.82) is 0 Å². The molecule has 30 heavy (non-hydrogen) atoms. The van der Waals surface area contributed by atoms with E-state index in [-0.39, 0.29) is 18.3 Å². The van der Waals surface area contributed by atoms with Gasteiger partial charge in [0.1, 0.15) is 11.0 Å². The van der Waals surface area contributed by atoms with Crippen LogP contribution in [0.5, 0.6) is 0 Å². The number of aryl methyl sites for hydroxylation is 1. The predicted molar refractivity (Wildman–Crippen MR) is 119 cm³/mol. The highest BCUT2D eigenvalue weighted by Gasteiger charge is 2.74. The van der Waals surface area contributed by atoms with Crippen molar-refractivity contribution in [1.82, 2.24) is 9.62 Å². The van der Waals surface area contributed by atoms with E-state index in [9.17, 15) is 9.00 Å². The lowest BCUT2D eigenvalue weighted by Gasteiger charge is -2.59. The molecule has 6 rings (SSSR count). The van der Waals surface area contributed by atoms with Gasteiger partial charge in [0.05, 0.1) is 4.90 Å². The average molecular weight is 433 g/mol. The van der Waals surface area contributed by atoms with E-state index in [4.69, 9.17) is 0 Å². The molecule has 4 aliphatic carbocycles. The lowest BCUT2D eigenvalue weighted by Crippen LogP contribution is -2.67. The largest absolute Gasteiger partial charge is 0.412 e. The van der Waals surface area contributed by atoms with Gasteiger partial charge in [-0.25, -0.2) is 8.51 Å². The summed E-state index contributed by atoms with van der Waals surface area (Å²) < 4.78 is 15.0. The first-order valence-electron chi connectivity index (χ1n) is 11.5. The molecule has 4 saturated carbocycles. The average Bonchev–Trinajstić information content (AvgIpc) is 3.26. The highest BCUT2D eigenvalue weighted by Crippen LogP contribution is 2.77. The molecule has 5 aliphatic rings. The predicted octanol–water partition coefficient (Wildman–Crippen LogP) is 3.24. The Labute approximate surface area is 183 Å². The lowest BCUT2D eigenvalue weighted by molar-refractivity contribution is -0.132. The standard InChI is InChI=1S/C24H32N2O2S.H2O.H2/c1-16-3-2-4-21(7-16)29(28)26-6-5-17(15-26)10-22(27)25-24-13-19-8-18-9-20(14-24)23(24,11-18)12-19;;/h2-4,7,17-20H,5-6,8-15H2,1H3,(H,25,27);1H2;1H/t17?,18-,19-,20-,23?,24?,29?;;/m1../s1. The van der Waals surface area contributed by atoms with Crippen molar-refractivity contribution in [3.63, 3.8) is 0 Å². The molecule has 7 atom stereocenters. The molecule has 0 aromatic heterocycles. The number of hydrogen-bond donors (Lipinski definition) is 1. The molecule has 3 N–H and O–H groups in total. The number of hydrogen-bond acceptors (Lipinski definition) is 2. The maximum Gasteiger partial charge on any atom is 0.220 e. The second kappa shape index (κ2) is 7.14. The van der Waals surface area contributed by atoms with Crippen molar-refractivity contribution in [2.24, 2.45) is 29.1 Å². The fraction of sp³-hybridized carbons (Fsp3) is 0.708. The Hall–Kier alpha value is -1.24. The SMILES string of the molecule is Cc1cccc(S(=O)N2CCC(CC(=O)NC34C[C@@H]5C[C@@H]6C[C@H](C3)C4(C6)C5)C2)c1.O.[HH]. The first-order chi connectivity index (χ1) is 14.0. The van der Waals surface area contributed by atoms with E-state index >= 15 is 0 Å². The zero-order valence-corrected chi connectivity index (χ0v) is 18.7. The Kier molecular flexibility index (Phi) is 4.92. The van der Waals surface area contributed by atoms with Crippen LogP contribution in [-0.2, 0) is 15.8 Å². The number of amides is 1. The zero-order chi connectivity index (χ0) is 19.8. The molecule has 1 aliphatic heterocycles. The van der Waals surface area contributed by atoms with Gasteiger partial charge in [0.2, 0.25) is 5.91 Å². The molecular formula is C24H36N2O3S. The van der Waals surface area contributed by atoms with Gasteiger partial charge in [-0.15, -0.1) is 0 Å². The molecular weight excluding hydrogens is 396 g/mol. The monoisotopic (exact) mass is 432 g/mol. The third-order valence-corrected chi connectivity index (χ3v) is 10.5. The third kappa shape index (κ3) is 2.94. The van der Waals surface area contributed by atoms with E-state index in [1.807, 2.05) is 35.5 Å². The molecule has 1 spiro atoms. The molecule has 1 amide bonds. The normalized spacial score (nSPS) is 41.8. The molecule has 3 bridgehead atoms. The van der Waals surface area contributed by atoms with Gasteiger partial charge in [0, 0.05) is 26.5 Å². The van der Waals surface area contributed by atoms with E-state index in [1.54, 1.807) is 0 Å². The Bertz CT molecular complexity index is 891. The van der Waals surface area contributed by atoms with Crippen LogP contribution in [0.1, 0.15) is 58.4 Å². The highest BCUT2D eigenvalue weighted by atomic mass is 32.2. The van der Waals surface area contributed by atoms with Gasteiger partial charge < -0.3 is 10.8 Å². The van der Waals surface area contributed by atoms with E-state index in [0.717, 1.165) is 47.7 Å². The van der Waals surface area contributed by atoms with E-state index in [0.29, 0.717) is 17.8 Å². The van der Waals surface area contributed by atoms with E-state index in [2.05, 4.69) is 5.32 Å². The second-order valence-corrected chi connectivity index (χ2v) is 12.3. The fourth-order valence-corrected chi connectivity index (χ4v) is 9.57. The minimum atomic E-state index is -1.11. The van der Waals surface area contributed by atoms with Crippen molar-refractivity contribution in [3.8, 4) is 0 Å². The molecule has 1 aromatic carbocycles. The first kappa shape index (κ1) is 20.7. The fourth-order valence-electron chi connectivity index (χ4n) is 8.17. The summed E-state index contributed by atoms with van der Waals surface area (Å²) in [5, 5.41) is 3.59. The van der Waals surface area contributed by atoms with Crippen molar-refractivity contribution in [2.75, 3.05) is 13.1 Å². The maximum atomic E-state index is 13.0. The van der Waals surface area contributed by atoms with Crippen LogP contribution < -0.4 is 5.32 Å². The van der Waals surface area contributed by atoms with Gasteiger partial charge in [-0.05, 0) is 98.7 Å². The molecule has 1 heterocycles. The summed E-state index contributed by atoms with van der Waals surface area (Å²) in [4.78, 5) is 13.9. The number of fused-ring (bicyclic) bond motifs is 2. The van der Waals surface area contributed by atoms with Crippen LogP contribution in [-0.4, -0.2) is 38.5 Å². The molecule has 1 saturated heterocycles. The highest BCUT2D eigenvalue weighted by molar-refractivity contribution is 7.82. The summed E-state index contributed by atoms with van der Waals surface area (Å²) in [5.41, 5.74) is 1.73. The Balaban J connectivity index is 0.00000116. The number of carbonyl (C=O) groups excluding carboxylic acids is 1. The van der Waals surface area contributed by atoms with Crippen LogP contribution >= 0.6 is 0 Å². The van der Waals surface area contributed by atoms with Gasteiger partial charge in [-0.3, -0.25) is 4.79 Å². The smallest absolute Gasteiger partial charge is 0.220 e. The Morgan fingerprint density at radius 3 is 2.90 bits per heavy atom. The van der Waals surface area contributed by atoms with Crippen molar-refractivity contribution in [2.45, 2.75) is 68.7 Å². The van der Waals surface area contributed by atoms with Crippen molar-refractivity contribution < 1.29 is 15.9 Å². The summed E-state index contributed by atoms with van der Waals surface area (Å²) in [6, 6.07) is 7.96. The molecule has 4 unspecified atom stereocenters. The van der Waals surface area contributed by atoms with Crippen LogP contribution in [0, 0.1) is 36.0 Å². The summed E-state index contributed by atoms with van der Waals surface area (Å²) >= 11 is 0.